The molecule has 1 heterocycles. The average molecular weight is 233 g/mol. The van der Waals surface area contributed by atoms with Gasteiger partial charge in [0.15, 0.2) is 0 Å². The Morgan fingerprint density at radius 3 is 2.94 bits per heavy atom. The SMILES string of the molecule is c1ccc2c(c1)NCC(COC1CCCC1)O2. The normalized spacial score (nSPS) is 23.9. The quantitative estimate of drug-likeness (QED) is 0.870. The van der Waals surface area contributed by atoms with Crippen molar-refractivity contribution in [1.29, 1.82) is 0 Å². The summed E-state index contributed by atoms with van der Waals surface area (Å²) < 4.78 is 11.8. The minimum Gasteiger partial charge on any atom is -0.484 e. The highest BCUT2D eigenvalue weighted by Crippen LogP contribution is 2.28. The van der Waals surface area contributed by atoms with Crippen molar-refractivity contribution in [1.82, 2.24) is 0 Å². The summed E-state index contributed by atoms with van der Waals surface area (Å²) in [6, 6.07) is 8.07. The highest BCUT2D eigenvalue weighted by atomic mass is 16.5. The maximum absolute atomic E-state index is 5.90. The zero-order valence-corrected chi connectivity index (χ0v) is 10.0. The smallest absolute Gasteiger partial charge is 0.143 e. The lowest BCUT2D eigenvalue weighted by Gasteiger charge is -2.28. The molecule has 1 saturated carbocycles. The molecule has 3 nitrogen and oxygen atoms in total. The summed E-state index contributed by atoms with van der Waals surface area (Å²) in [4.78, 5) is 0. The van der Waals surface area contributed by atoms with Crippen molar-refractivity contribution in [2.45, 2.75) is 37.9 Å². The van der Waals surface area contributed by atoms with E-state index in [9.17, 15) is 0 Å². The van der Waals surface area contributed by atoms with Crippen LogP contribution in [0.15, 0.2) is 24.3 Å². The van der Waals surface area contributed by atoms with Crippen molar-refractivity contribution in [2.24, 2.45) is 0 Å². The Labute approximate surface area is 102 Å². The van der Waals surface area contributed by atoms with E-state index >= 15 is 0 Å². The Kier molecular flexibility index (Phi) is 3.18. The van der Waals surface area contributed by atoms with Gasteiger partial charge in [-0.25, -0.2) is 0 Å². The van der Waals surface area contributed by atoms with Crippen LogP contribution in [0.3, 0.4) is 0 Å². The van der Waals surface area contributed by atoms with E-state index in [1.54, 1.807) is 0 Å². The molecular weight excluding hydrogens is 214 g/mol. The molecule has 1 aliphatic carbocycles. The van der Waals surface area contributed by atoms with Gasteiger partial charge in [0.05, 0.1) is 24.9 Å². The highest BCUT2D eigenvalue weighted by molar-refractivity contribution is 5.57. The van der Waals surface area contributed by atoms with Crippen LogP contribution in [0.2, 0.25) is 0 Å². The van der Waals surface area contributed by atoms with Crippen LogP contribution in [0, 0.1) is 0 Å². The number of nitrogens with one attached hydrogen (secondary N) is 1. The summed E-state index contributed by atoms with van der Waals surface area (Å²) in [7, 11) is 0. The molecular formula is C14H19NO2. The second-order valence-electron chi connectivity index (χ2n) is 4.86. The van der Waals surface area contributed by atoms with E-state index < -0.39 is 0 Å². The molecule has 1 N–H and O–H groups in total. The number of rotatable bonds is 3. The maximum atomic E-state index is 5.90. The highest BCUT2D eigenvalue weighted by Gasteiger charge is 2.22. The molecule has 1 aromatic carbocycles. The molecule has 2 aliphatic rings. The fraction of sp³-hybridized carbons (Fsp3) is 0.571. The van der Waals surface area contributed by atoms with Crippen molar-refractivity contribution < 1.29 is 9.47 Å². The van der Waals surface area contributed by atoms with Gasteiger partial charge in [0.2, 0.25) is 0 Å². The summed E-state index contributed by atoms with van der Waals surface area (Å²) in [6.07, 6.45) is 5.68. The van der Waals surface area contributed by atoms with Gasteiger partial charge in [0.1, 0.15) is 11.9 Å². The molecule has 0 spiro atoms. The van der Waals surface area contributed by atoms with Crippen LogP contribution in [0.25, 0.3) is 0 Å². The average Bonchev–Trinajstić information content (AvgIpc) is 2.89. The first-order valence-corrected chi connectivity index (χ1v) is 6.53. The van der Waals surface area contributed by atoms with Crippen molar-refractivity contribution in [2.75, 3.05) is 18.5 Å². The molecule has 92 valence electrons. The first kappa shape index (κ1) is 10.9. The number of benzene rings is 1. The van der Waals surface area contributed by atoms with Crippen molar-refractivity contribution in [3.8, 4) is 5.75 Å². The lowest BCUT2D eigenvalue weighted by atomic mass is 10.2. The first-order valence-electron chi connectivity index (χ1n) is 6.53. The third-order valence-corrected chi connectivity index (χ3v) is 3.52. The number of fused-ring (bicyclic) bond motifs is 1. The molecule has 1 fully saturated rings. The molecule has 0 amide bonds. The van der Waals surface area contributed by atoms with Gasteiger partial charge >= 0.3 is 0 Å². The maximum Gasteiger partial charge on any atom is 0.143 e. The molecule has 1 aromatic rings. The first-order chi connectivity index (χ1) is 8.42. The third-order valence-electron chi connectivity index (χ3n) is 3.52. The van der Waals surface area contributed by atoms with E-state index in [4.69, 9.17) is 9.47 Å². The monoisotopic (exact) mass is 233 g/mol. The van der Waals surface area contributed by atoms with Crippen LogP contribution < -0.4 is 10.1 Å². The van der Waals surface area contributed by atoms with Gasteiger partial charge in [-0.1, -0.05) is 25.0 Å². The molecule has 0 saturated heterocycles. The van der Waals surface area contributed by atoms with Crippen molar-refractivity contribution in [3.05, 3.63) is 24.3 Å². The molecule has 3 heteroatoms. The molecule has 3 rings (SSSR count). The Bertz CT molecular complexity index is 374. The zero-order valence-electron chi connectivity index (χ0n) is 10.0. The van der Waals surface area contributed by atoms with Gasteiger partial charge in [-0.15, -0.1) is 0 Å². The zero-order chi connectivity index (χ0) is 11.5. The van der Waals surface area contributed by atoms with Crippen LogP contribution in [-0.2, 0) is 4.74 Å². The number of ether oxygens (including phenoxy) is 2. The van der Waals surface area contributed by atoms with Crippen LogP contribution >= 0.6 is 0 Å². The second kappa shape index (κ2) is 4.96. The summed E-state index contributed by atoms with van der Waals surface area (Å²) >= 11 is 0. The van der Waals surface area contributed by atoms with E-state index in [-0.39, 0.29) is 6.10 Å². The number of hydrogen-bond acceptors (Lipinski definition) is 3. The standard InChI is InChI=1S/C14H19NO2/c1-2-6-11(5-1)16-10-12-9-15-13-7-3-4-8-14(13)17-12/h3-4,7-8,11-12,15H,1-2,5-6,9-10H2. The molecule has 0 radical (unpaired) electrons. The Hall–Kier alpha value is -1.22. The minimum atomic E-state index is 0.144. The minimum absolute atomic E-state index is 0.144. The van der Waals surface area contributed by atoms with Gasteiger partial charge < -0.3 is 14.8 Å². The summed E-state index contributed by atoms with van der Waals surface area (Å²) in [5, 5.41) is 3.38. The van der Waals surface area contributed by atoms with Crippen molar-refractivity contribution in [3.63, 3.8) is 0 Å². The van der Waals surface area contributed by atoms with Crippen LogP contribution in [0.4, 0.5) is 5.69 Å². The largest absolute Gasteiger partial charge is 0.484 e. The van der Waals surface area contributed by atoms with E-state index in [1.807, 2.05) is 24.3 Å². The molecule has 0 bridgehead atoms. The number of hydrogen-bond donors (Lipinski definition) is 1. The van der Waals surface area contributed by atoms with Crippen LogP contribution in [0.5, 0.6) is 5.75 Å². The number of para-hydroxylation sites is 2. The summed E-state index contributed by atoms with van der Waals surface area (Å²) in [5.41, 5.74) is 1.09. The predicted octanol–water partition coefficient (Wildman–Crippen LogP) is 2.82. The predicted molar refractivity (Wildman–Crippen MR) is 67.6 cm³/mol. The molecule has 17 heavy (non-hydrogen) atoms. The molecule has 0 aromatic heterocycles. The molecule has 1 unspecified atom stereocenters. The molecule has 1 aliphatic heterocycles. The lowest BCUT2D eigenvalue weighted by molar-refractivity contribution is 0.00588. The van der Waals surface area contributed by atoms with E-state index in [0.29, 0.717) is 12.7 Å². The van der Waals surface area contributed by atoms with Crippen LogP contribution in [0.1, 0.15) is 25.7 Å². The van der Waals surface area contributed by atoms with E-state index in [1.165, 1.54) is 25.7 Å². The third kappa shape index (κ3) is 2.55. The van der Waals surface area contributed by atoms with Gasteiger partial charge in [0, 0.05) is 0 Å². The Morgan fingerprint density at radius 1 is 1.24 bits per heavy atom. The summed E-state index contributed by atoms with van der Waals surface area (Å²) in [5.74, 6) is 0.943. The van der Waals surface area contributed by atoms with Gasteiger partial charge in [-0.05, 0) is 25.0 Å². The second-order valence-corrected chi connectivity index (χ2v) is 4.86. The van der Waals surface area contributed by atoms with Gasteiger partial charge in [0.25, 0.3) is 0 Å². The van der Waals surface area contributed by atoms with E-state index in [0.717, 1.165) is 18.0 Å². The topological polar surface area (TPSA) is 30.5 Å². The Balaban J connectivity index is 1.53. The molecule has 1 atom stereocenters. The summed E-state index contributed by atoms with van der Waals surface area (Å²) in [6.45, 7) is 1.54. The van der Waals surface area contributed by atoms with Gasteiger partial charge in [-0.3, -0.25) is 0 Å². The van der Waals surface area contributed by atoms with Gasteiger partial charge in [-0.2, -0.15) is 0 Å². The van der Waals surface area contributed by atoms with Crippen LogP contribution in [-0.4, -0.2) is 25.4 Å². The fourth-order valence-corrected chi connectivity index (χ4v) is 2.55. The fourth-order valence-electron chi connectivity index (χ4n) is 2.55. The van der Waals surface area contributed by atoms with E-state index in [2.05, 4.69) is 5.32 Å². The lowest BCUT2D eigenvalue weighted by Crippen LogP contribution is -2.35. The Morgan fingerprint density at radius 2 is 2.06 bits per heavy atom. The van der Waals surface area contributed by atoms with Crippen molar-refractivity contribution >= 4 is 5.69 Å². The number of anilines is 1.